The Morgan fingerprint density at radius 2 is 1.92 bits per heavy atom. The largest absolute Gasteiger partial charge is 0.294 e. The highest BCUT2D eigenvalue weighted by Gasteiger charge is 2.25. The second-order valence-electron chi connectivity index (χ2n) is 2.38. The van der Waals surface area contributed by atoms with Crippen LogP contribution in [-0.4, -0.2) is 39.2 Å². The zero-order chi connectivity index (χ0) is 9.14. The quantitative estimate of drug-likeness (QED) is 0.546. The lowest BCUT2D eigenvalue weighted by Crippen LogP contribution is -2.52. The van der Waals surface area contributed by atoms with Crippen LogP contribution < -0.4 is 5.32 Å². The number of hydrogen-bond acceptors (Lipinski definition) is 3. The van der Waals surface area contributed by atoms with Crippen molar-refractivity contribution in [2.75, 3.05) is 18.8 Å². The number of hydrogen-bond donors (Lipinski definition) is 1. The van der Waals surface area contributed by atoms with Crippen LogP contribution >= 0.6 is 0 Å². The SMILES string of the molecule is CCS(=O)N1CC(=O)NC(=O)C1. The van der Waals surface area contributed by atoms with Crippen molar-refractivity contribution in [2.24, 2.45) is 0 Å². The smallest absolute Gasteiger partial charge is 0.241 e. The number of amides is 2. The molecule has 12 heavy (non-hydrogen) atoms. The molecule has 0 spiro atoms. The summed E-state index contributed by atoms with van der Waals surface area (Å²) < 4.78 is 12.5. The third-order valence-corrected chi connectivity index (χ3v) is 2.78. The number of imide groups is 1. The molecule has 0 bridgehead atoms. The van der Waals surface area contributed by atoms with Crippen molar-refractivity contribution in [3.63, 3.8) is 0 Å². The fourth-order valence-corrected chi connectivity index (χ4v) is 1.83. The van der Waals surface area contributed by atoms with E-state index in [1.165, 1.54) is 4.31 Å². The van der Waals surface area contributed by atoms with Crippen LogP contribution in [0.1, 0.15) is 6.92 Å². The Bertz CT molecular complexity index is 225. The summed E-state index contributed by atoms with van der Waals surface area (Å²) >= 11 is 0. The number of carbonyl (C=O) groups excluding carboxylic acids is 2. The Balaban J connectivity index is 2.61. The van der Waals surface area contributed by atoms with E-state index < -0.39 is 11.0 Å². The molecule has 1 atom stereocenters. The molecule has 68 valence electrons. The van der Waals surface area contributed by atoms with E-state index in [1.807, 2.05) is 0 Å². The number of rotatable bonds is 2. The van der Waals surface area contributed by atoms with Gasteiger partial charge in [0.1, 0.15) is 0 Å². The fraction of sp³-hybridized carbons (Fsp3) is 0.667. The molecule has 0 radical (unpaired) electrons. The molecule has 0 saturated carbocycles. The van der Waals surface area contributed by atoms with Crippen molar-refractivity contribution in [1.82, 2.24) is 9.62 Å². The van der Waals surface area contributed by atoms with Crippen LogP contribution in [0.3, 0.4) is 0 Å². The highest BCUT2D eigenvalue weighted by Crippen LogP contribution is 1.98. The van der Waals surface area contributed by atoms with E-state index in [1.54, 1.807) is 6.92 Å². The van der Waals surface area contributed by atoms with Gasteiger partial charge in [-0.05, 0) is 0 Å². The number of carbonyl (C=O) groups is 2. The molecule has 2 amide bonds. The maximum absolute atomic E-state index is 11.2. The van der Waals surface area contributed by atoms with Gasteiger partial charge in [-0.2, -0.15) is 0 Å². The molecule has 1 saturated heterocycles. The van der Waals surface area contributed by atoms with E-state index in [-0.39, 0.29) is 24.9 Å². The van der Waals surface area contributed by atoms with Crippen LogP contribution in [0.2, 0.25) is 0 Å². The minimum atomic E-state index is -1.20. The van der Waals surface area contributed by atoms with Gasteiger partial charge in [-0.3, -0.25) is 14.9 Å². The van der Waals surface area contributed by atoms with E-state index in [4.69, 9.17) is 0 Å². The van der Waals surface area contributed by atoms with Crippen molar-refractivity contribution >= 4 is 22.8 Å². The lowest BCUT2D eigenvalue weighted by molar-refractivity contribution is -0.133. The van der Waals surface area contributed by atoms with E-state index in [2.05, 4.69) is 5.32 Å². The van der Waals surface area contributed by atoms with Crippen LogP contribution in [0.15, 0.2) is 0 Å². The normalized spacial score (nSPS) is 22.1. The predicted octanol–water partition coefficient (Wildman–Crippen LogP) is -1.37. The Kier molecular flexibility index (Phi) is 2.93. The van der Waals surface area contributed by atoms with E-state index in [0.717, 1.165) is 0 Å². The Hall–Kier alpha value is -0.750. The van der Waals surface area contributed by atoms with Gasteiger partial charge in [0.25, 0.3) is 0 Å². The van der Waals surface area contributed by atoms with Crippen LogP contribution in [0.5, 0.6) is 0 Å². The lowest BCUT2D eigenvalue weighted by Gasteiger charge is -2.23. The van der Waals surface area contributed by atoms with Crippen molar-refractivity contribution in [3.05, 3.63) is 0 Å². The van der Waals surface area contributed by atoms with Gasteiger partial charge in [0.05, 0.1) is 24.1 Å². The lowest BCUT2D eigenvalue weighted by atomic mass is 10.4. The first-order valence-corrected chi connectivity index (χ1v) is 4.87. The molecule has 1 aliphatic rings. The molecule has 1 unspecified atom stereocenters. The summed E-state index contributed by atoms with van der Waals surface area (Å²) in [6.45, 7) is 1.84. The van der Waals surface area contributed by atoms with Crippen LogP contribution in [0.25, 0.3) is 0 Å². The Morgan fingerprint density at radius 1 is 1.42 bits per heavy atom. The van der Waals surface area contributed by atoms with Crippen LogP contribution in [-0.2, 0) is 20.6 Å². The third kappa shape index (κ3) is 2.12. The standard InChI is InChI=1S/C6H10N2O3S/c1-2-12(11)8-3-5(9)7-6(10)4-8/h2-4H2,1H3,(H,7,9,10). The molecule has 1 aliphatic heterocycles. The van der Waals surface area contributed by atoms with Crippen molar-refractivity contribution in [2.45, 2.75) is 6.92 Å². The van der Waals surface area contributed by atoms with E-state index in [9.17, 15) is 13.8 Å². The number of nitrogens with zero attached hydrogens (tertiary/aromatic N) is 1. The molecule has 1 N–H and O–H groups in total. The third-order valence-electron chi connectivity index (χ3n) is 1.45. The maximum Gasteiger partial charge on any atom is 0.241 e. The average Bonchev–Trinajstić information content (AvgIpc) is 2.01. The van der Waals surface area contributed by atoms with Crippen molar-refractivity contribution in [1.29, 1.82) is 0 Å². The second-order valence-corrected chi connectivity index (χ2v) is 4.12. The summed E-state index contributed by atoms with van der Waals surface area (Å²) in [4.78, 5) is 21.6. The van der Waals surface area contributed by atoms with Gasteiger partial charge in [0, 0.05) is 5.75 Å². The summed E-state index contributed by atoms with van der Waals surface area (Å²) in [6.07, 6.45) is 0. The second kappa shape index (κ2) is 3.77. The summed E-state index contributed by atoms with van der Waals surface area (Å²) in [5, 5.41) is 2.13. The molecule has 0 aliphatic carbocycles. The number of nitrogens with one attached hydrogen (secondary N) is 1. The molecular formula is C6H10N2O3S. The minimum Gasteiger partial charge on any atom is -0.294 e. The topological polar surface area (TPSA) is 66.5 Å². The Morgan fingerprint density at radius 3 is 2.33 bits per heavy atom. The van der Waals surface area contributed by atoms with Gasteiger partial charge in [0.15, 0.2) is 0 Å². The van der Waals surface area contributed by atoms with Gasteiger partial charge in [-0.1, -0.05) is 6.92 Å². The molecule has 6 heteroatoms. The summed E-state index contributed by atoms with van der Waals surface area (Å²) in [5.74, 6) is -0.332. The fourth-order valence-electron chi connectivity index (χ4n) is 0.937. The highest BCUT2D eigenvalue weighted by molar-refractivity contribution is 7.82. The molecule has 1 heterocycles. The molecule has 5 nitrogen and oxygen atoms in total. The van der Waals surface area contributed by atoms with Gasteiger partial charge < -0.3 is 0 Å². The monoisotopic (exact) mass is 190 g/mol. The van der Waals surface area contributed by atoms with Crippen molar-refractivity contribution < 1.29 is 13.8 Å². The molecule has 1 rings (SSSR count). The van der Waals surface area contributed by atoms with Crippen molar-refractivity contribution in [3.8, 4) is 0 Å². The Labute approximate surface area is 72.7 Å². The van der Waals surface area contributed by atoms with E-state index in [0.29, 0.717) is 5.75 Å². The average molecular weight is 190 g/mol. The maximum atomic E-state index is 11.2. The first-order valence-electron chi connectivity index (χ1n) is 3.59. The van der Waals surface area contributed by atoms with Crippen LogP contribution in [0.4, 0.5) is 0 Å². The van der Waals surface area contributed by atoms with Crippen LogP contribution in [0, 0.1) is 0 Å². The molecular weight excluding hydrogens is 180 g/mol. The van der Waals surface area contributed by atoms with E-state index >= 15 is 0 Å². The predicted molar refractivity (Wildman–Crippen MR) is 43.4 cm³/mol. The minimum absolute atomic E-state index is 0.0478. The molecule has 1 fully saturated rings. The molecule has 0 aromatic carbocycles. The summed E-state index contributed by atoms with van der Waals surface area (Å²) in [5.41, 5.74) is 0. The summed E-state index contributed by atoms with van der Waals surface area (Å²) in [7, 11) is -1.20. The number of piperazine rings is 1. The van der Waals surface area contributed by atoms with Gasteiger partial charge in [-0.25, -0.2) is 8.51 Å². The van der Waals surface area contributed by atoms with Gasteiger partial charge in [0.2, 0.25) is 11.8 Å². The molecule has 0 aromatic heterocycles. The van der Waals surface area contributed by atoms with Gasteiger partial charge in [-0.15, -0.1) is 0 Å². The highest BCUT2D eigenvalue weighted by atomic mass is 32.2. The first-order chi connectivity index (χ1) is 5.63. The van der Waals surface area contributed by atoms with Gasteiger partial charge >= 0.3 is 0 Å². The first kappa shape index (κ1) is 9.34. The molecule has 0 aromatic rings. The zero-order valence-electron chi connectivity index (χ0n) is 6.70. The zero-order valence-corrected chi connectivity index (χ0v) is 7.52. The summed E-state index contributed by atoms with van der Waals surface area (Å²) in [6, 6.07) is 0.